The van der Waals surface area contributed by atoms with Gasteiger partial charge in [-0.3, -0.25) is 4.79 Å². The minimum Gasteiger partial charge on any atom is -0.449 e. The smallest absolute Gasteiger partial charge is 0.338 e. The number of carbonyl (C=O) groups is 2. The van der Waals surface area contributed by atoms with Crippen molar-refractivity contribution in [1.82, 2.24) is 0 Å². The third-order valence-electron chi connectivity index (χ3n) is 3.85. The molecule has 0 spiro atoms. The molecule has 0 radical (unpaired) electrons. The summed E-state index contributed by atoms with van der Waals surface area (Å²) in [7, 11) is 1.66. The molecule has 0 aromatic heterocycles. The first-order valence-electron chi connectivity index (χ1n) is 7.51. The van der Waals surface area contributed by atoms with E-state index in [-0.39, 0.29) is 5.91 Å². The fraction of sp³-hybridized carbons (Fsp3) is 0.263. The first kappa shape index (κ1) is 16.7. The number of likely N-dealkylation sites (N-methyl/N-ethyl adjacent to an activating group) is 1. The van der Waals surface area contributed by atoms with E-state index in [1.165, 1.54) is 4.90 Å². The van der Waals surface area contributed by atoms with Gasteiger partial charge in [0.25, 0.3) is 5.91 Å². The summed E-state index contributed by atoms with van der Waals surface area (Å²) in [6, 6.07) is 14.6. The highest BCUT2D eigenvalue weighted by atomic mass is 16.5. The van der Waals surface area contributed by atoms with E-state index in [9.17, 15) is 9.59 Å². The number of ether oxygens (including phenoxy) is 1. The number of aryl methyl sites for hydroxylation is 2. The maximum atomic E-state index is 12.4. The van der Waals surface area contributed by atoms with Gasteiger partial charge in [-0.15, -0.1) is 0 Å². The topological polar surface area (TPSA) is 46.6 Å². The zero-order valence-electron chi connectivity index (χ0n) is 13.9. The second kappa shape index (κ2) is 7.09. The highest BCUT2D eigenvalue weighted by Crippen LogP contribution is 2.15. The largest absolute Gasteiger partial charge is 0.449 e. The molecule has 0 fully saturated rings. The van der Waals surface area contributed by atoms with Crippen molar-refractivity contribution in [2.75, 3.05) is 11.9 Å². The molecule has 0 bridgehead atoms. The summed E-state index contributed by atoms with van der Waals surface area (Å²) in [4.78, 5) is 26.1. The van der Waals surface area contributed by atoms with Crippen LogP contribution in [0.2, 0.25) is 0 Å². The molecule has 0 aliphatic rings. The van der Waals surface area contributed by atoms with Gasteiger partial charge in [0.15, 0.2) is 6.10 Å². The molecule has 4 nitrogen and oxygen atoms in total. The summed E-state index contributed by atoms with van der Waals surface area (Å²) in [5.41, 5.74) is 3.33. The van der Waals surface area contributed by atoms with Gasteiger partial charge >= 0.3 is 5.97 Å². The summed E-state index contributed by atoms with van der Waals surface area (Å²) in [5, 5.41) is 0. The molecule has 2 aromatic carbocycles. The minimum atomic E-state index is -0.852. The van der Waals surface area contributed by atoms with Gasteiger partial charge in [-0.2, -0.15) is 0 Å². The maximum absolute atomic E-state index is 12.4. The molecular formula is C19H21NO3. The summed E-state index contributed by atoms with van der Waals surface area (Å²) in [6.45, 7) is 5.50. The Morgan fingerprint density at radius 1 is 1.00 bits per heavy atom. The SMILES string of the molecule is Cc1ccc(C(=O)O[C@H](C)C(=O)N(C)c2ccccc2)cc1C. The highest BCUT2D eigenvalue weighted by Gasteiger charge is 2.23. The number of esters is 1. The van der Waals surface area contributed by atoms with Crippen LogP contribution in [0, 0.1) is 13.8 Å². The fourth-order valence-electron chi connectivity index (χ4n) is 2.20. The van der Waals surface area contributed by atoms with E-state index in [1.54, 1.807) is 26.1 Å². The average molecular weight is 311 g/mol. The van der Waals surface area contributed by atoms with Gasteiger partial charge in [0, 0.05) is 12.7 Å². The van der Waals surface area contributed by atoms with E-state index in [2.05, 4.69) is 0 Å². The number of amides is 1. The van der Waals surface area contributed by atoms with E-state index in [0.717, 1.165) is 16.8 Å². The van der Waals surface area contributed by atoms with Crippen molar-refractivity contribution < 1.29 is 14.3 Å². The highest BCUT2D eigenvalue weighted by molar-refractivity contribution is 5.98. The van der Waals surface area contributed by atoms with Crippen molar-refractivity contribution in [3.63, 3.8) is 0 Å². The molecule has 1 atom stereocenters. The molecular weight excluding hydrogens is 290 g/mol. The van der Waals surface area contributed by atoms with Crippen LogP contribution in [-0.2, 0) is 9.53 Å². The molecule has 0 heterocycles. The predicted octanol–water partition coefficient (Wildman–Crippen LogP) is 3.51. The van der Waals surface area contributed by atoms with Crippen molar-refractivity contribution in [3.05, 3.63) is 65.2 Å². The summed E-state index contributed by atoms with van der Waals surface area (Å²) >= 11 is 0. The second-order valence-corrected chi connectivity index (χ2v) is 5.58. The molecule has 0 N–H and O–H groups in total. The van der Waals surface area contributed by atoms with Crippen molar-refractivity contribution >= 4 is 17.6 Å². The maximum Gasteiger partial charge on any atom is 0.338 e. The predicted molar refractivity (Wildman–Crippen MR) is 90.6 cm³/mol. The lowest BCUT2D eigenvalue weighted by molar-refractivity contribution is -0.126. The fourth-order valence-corrected chi connectivity index (χ4v) is 2.20. The second-order valence-electron chi connectivity index (χ2n) is 5.58. The first-order chi connectivity index (χ1) is 10.9. The number of anilines is 1. The van der Waals surface area contributed by atoms with Crippen molar-refractivity contribution in [2.45, 2.75) is 26.9 Å². The molecule has 4 heteroatoms. The monoisotopic (exact) mass is 311 g/mol. The summed E-state index contributed by atoms with van der Waals surface area (Å²) in [6.07, 6.45) is -0.852. The number of rotatable bonds is 4. The standard InChI is InChI=1S/C19H21NO3/c1-13-10-11-16(12-14(13)2)19(22)23-15(3)18(21)20(4)17-8-6-5-7-9-17/h5-12,15H,1-4H3/t15-/m1/s1. The Bertz CT molecular complexity index is 710. The van der Waals surface area contributed by atoms with Gasteiger partial charge in [-0.1, -0.05) is 24.3 Å². The number of hydrogen-bond acceptors (Lipinski definition) is 3. The zero-order chi connectivity index (χ0) is 17.0. The Kier molecular flexibility index (Phi) is 5.16. The average Bonchev–Trinajstić information content (AvgIpc) is 2.56. The van der Waals surface area contributed by atoms with Gasteiger partial charge < -0.3 is 9.64 Å². The molecule has 0 unspecified atom stereocenters. The molecule has 0 aliphatic heterocycles. The van der Waals surface area contributed by atoms with Crippen LogP contribution in [-0.4, -0.2) is 25.0 Å². The molecule has 0 saturated carbocycles. The van der Waals surface area contributed by atoms with Gasteiger partial charge in [0.1, 0.15) is 0 Å². The van der Waals surface area contributed by atoms with Crippen molar-refractivity contribution in [1.29, 1.82) is 0 Å². The van der Waals surface area contributed by atoms with Crippen LogP contribution in [0.25, 0.3) is 0 Å². The third kappa shape index (κ3) is 3.97. The normalized spacial score (nSPS) is 11.7. The number of hydrogen-bond donors (Lipinski definition) is 0. The van der Waals surface area contributed by atoms with E-state index in [1.807, 2.05) is 50.2 Å². The van der Waals surface area contributed by atoms with Crippen molar-refractivity contribution in [2.24, 2.45) is 0 Å². The molecule has 1 amide bonds. The molecule has 2 aromatic rings. The van der Waals surface area contributed by atoms with E-state index >= 15 is 0 Å². The Morgan fingerprint density at radius 2 is 1.65 bits per heavy atom. The number of nitrogens with zero attached hydrogens (tertiary/aromatic N) is 1. The Morgan fingerprint density at radius 3 is 2.26 bits per heavy atom. The van der Waals surface area contributed by atoms with Gasteiger partial charge in [0.2, 0.25) is 0 Å². The van der Waals surface area contributed by atoms with E-state index in [0.29, 0.717) is 5.56 Å². The lowest BCUT2D eigenvalue weighted by Gasteiger charge is -2.21. The molecule has 2 rings (SSSR count). The summed E-state index contributed by atoms with van der Waals surface area (Å²) < 4.78 is 5.31. The van der Waals surface area contributed by atoms with Gasteiger partial charge in [0.05, 0.1) is 5.56 Å². The third-order valence-corrected chi connectivity index (χ3v) is 3.85. The Balaban J connectivity index is 2.05. The lowest BCUT2D eigenvalue weighted by Crippen LogP contribution is -2.37. The zero-order valence-corrected chi connectivity index (χ0v) is 13.9. The van der Waals surface area contributed by atoms with Crippen LogP contribution < -0.4 is 4.90 Å². The minimum absolute atomic E-state index is 0.270. The van der Waals surface area contributed by atoms with E-state index < -0.39 is 12.1 Å². The number of benzene rings is 2. The van der Waals surface area contributed by atoms with Gasteiger partial charge in [-0.05, 0) is 56.2 Å². The lowest BCUT2D eigenvalue weighted by atomic mass is 10.1. The van der Waals surface area contributed by atoms with Crippen LogP contribution >= 0.6 is 0 Å². The number of carbonyl (C=O) groups excluding carboxylic acids is 2. The summed E-state index contributed by atoms with van der Waals surface area (Å²) in [5.74, 6) is -0.760. The number of para-hydroxylation sites is 1. The Hall–Kier alpha value is -2.62. The van der Waals surface area contributed by atoms with Crippen LogP contribution in [0.15, 0.2) is 48.5 Å². The first-order valence-corrected chi connectivity index (χ1v) is 7.51. The van der Waals surface area contributed by atoms with Crippen LogP contribution in [0.4, 0.5) is 5.69 Å². The van der Waals surface area contributed by atoms with E-state index in [4.69, 9.17) is 4.74 Å². The molecule has 120 valence electrons. The van der Waals surface area contributed by atoms with Crippen LogP contribution in [0.1, 0.15) is 28.4 Å². The van der Waals surface area contributed by atoms with Crippen molar-refractivity contribution in [3.8, 4) is 0 Å². The van der Waals surface area contributed by atoms with Gasteiger partial charge in [-0.25, -0.2) is 4.79 Å². The van der Waals surface area contributed by atoms with Crippen LogP contribution in [0.5, 0.6) is 0 Å². The van der Waals surface area contributed by atoms with Crippen LogP contribution in [0.3, 0.4) is 0 Å². The molecule has 0 aliphatic carbocycles. The quantitative estimate of drug-likeness (QED) is 0.812. The Labute approximate surface area is 136 Å². The molecule has 23 heavy (non-hydrogen) atoms. The molecule has 0 saturated heterocycles.